The van der Waals surface area contributed by atoms with E-state index in [1.807, 2.05) is 0 Å². The quantitative estimate of drug-likeness (QED) is 0.581. The average Bonchev–Trinajstić information content (AvgIpc) is 3.21. The third-order valence-corrected chi connectivity index (χ3v) is 7.35. The Balaban J connectivity index is 1.85. The number of amides is 1. The molecular weight excluding hydrogens is 429 g/mol. The molecule has 0 unspecified atom stereocenters. The number of hydrogen-bond acceptors (Lipinski definition) is 4. The molecule has 2 aromatic rings. The van der Waals surface area contributed by atoms with Crippen molar-refractivity contribution in [3.8, 4) is 16.9 Å². The molecule has 0 aliphatic heterocycles. The van der Waals surface area contributed by atoms with Crippen LogP contribution in [0.15, 0.2) is 47.9 Å². The maximum atomic E-state index is 15.0. The molecule has 2 fully saturated rings. The lowest BCUT2D eigenvalue weighted by Gasteiger charge is -2.29. The van der Waals surface area contributed by atoms with Crippen molar-refractivity contribution in [3.63, 3.8) is 0 Å². The van der Waals surface area contributed by atoms with Crippen molar-refractivity contribution in [2.24, 2.45) is 0 Å². The Bertz CT molecular complexity index is 1130. The summed E-state index contributed by atoms with van der Waals surface area (Å²) in [5.74, 6) is -0.512. The first-order valence-electron chi connectivity index (χ1n) is 11.2. The number of hydrogen-bond donors (Lipinski definition) is 1. The normalized spacial score (nSPS) is 17.4. The molecule has 4 rings (SSSR count). The molecule has 2 saturated carbocycles. The van der Waals surface area contributed by atoms with E-state index in [1.54, 1.807) is 37.3 Å². The van der Waals surface area contributed by atoms with Crippen LogP contribution in [-0.2, 0) is 10.0 Å². The molecule has 0 bridgehead atoms. The molecule has 170 valence electrons. The van der Waals surface area contributed by atoms with Crippen LogP contribution in [0.1, 0.15) is 73.7 Å². The fourth-order valence-corrected chi connectivity index (χ4v) is 5.34. The van der Waals surface area contributed by atoms with E-state index in [2.05, 4.69) is 4.72 Å². The van der Waals surface area contributed by atoms with E-state index < -0.39 is 15.9 Å². The number of sulfonamides is 1. The highest BCUT2D eigenvalue weighted by atomic mass is 32.2. The first-order valence-corrected chi connectivity index (χ1v) is 12.7. The van der Waals surface area contributed by atoms with Crippen molar-refractivity contribution in [2.75, 3.05) is 0 Å². The molecule has 1 N–H and O–H groups in total. The van der Waals surface area contributed by atoms with E-state index in [0.717, 1.165) is 50.4 Å². The van der Waals surface area contributed by atoms with Crippen LogP contribution in [0, 0.1) is 5.82 Å². The van der Waals surface area contributed by atoms with Gasteiger partial charge in [0.05, 0.1) is 11.7 Å². The van der Waals surface area contributed by atoms with Crippen LogP contribution >= 0.6 is 0 Å². The fraction of sp³-hybridized carbons (Fsp3) is 0.400. The molecule has 0 aromatic heterocycles. The Morgan fingerprint density at radius 1 is 1.06 bits per heavy atom. The number of allylic oxidation sites excluding steroid dienone is 1. The Morgan fingerprint density at radius 2 is 1.78 bits per heavy atom. The lowest BCUT2D eigenvalue weighted by Crippen LogP contribution is -2.29. The highest BCUT2D eigenvalue weighted by Gasteiger charge is 2.30. The van der Waals surface area contributed by atoms with Gasteiger partial charge < -0.3 is 4.74 Å². The van der Waals surface area contributed by atoms with Crippen molar-refractivity contribution >= 4 is 15.9 Å². The topological polar surface area (TPSA) is 72.5 Å². The van der Waals surface area contributed by atoms with E-state index >= 15 is 4.39 Å². The number of halogens is 1. The van der Waals surface area contributed by atoms with Gasteiger partial charge in [0.2, 0.25) is 0 Å². The number of benzene rings is 2. The van der Waals surface area contributed by atoms with Crippen LogP contribution in [0.25, 0.3) is 11.1 Å². The molecule has 0 radical (unpaired) electrons. The van der Waals surface area contributed by atoms with Gasteiger partial charge in [0, 0.05) is 11.0 Å². The minimum Gasteiger partial charge on any atom is -0.490 e. The lowest BCUT2D eigenvalue weighted by atomic mass is 9.76. The highest BCUT2D eigenvalue weighted by molar-refractivity contribution is 7.92. The highest BCUT2D eigenvalue weighted by Crippen LogP contribution is 2.46. The van der Waals surface area contributed by atoms with Gasteiger partial charge in [-0.2, -0.15) is 0 Å². The number of rotatable bonds is 7. The summed E-state index contributed by atoms with van der Waals surface area (Å²) in [4.78, 5) is 13.1. The van der Waals surface area contributed by atoms with E-state index in [4.69, 9.17) is 4.74 Å². The SMILES string of the molecule is C/C=C\S(=O)(=O)NC(=O)c1cccc(OC2CCCC2)c1-c1cccc(F)c1C1CCC1. The third-order valence-electron chi connectivity index (χ3n) is 6.25. The molecule has 0 heterocycles. The van der Waals surface area contributed by atoms with E-state index in [-0.39, 0.29) is 23.4 Å². The zero-order valence-corrected chi connectivity index (χ0v) is 19.0. The molecule has 0 spiro atoms. The summed E-state index contributed by atoms with van der Waals surface area (Å²) in [7, 11) is -3.94. The predicted molar refractivity (Wildman–Crippen MR) is 123 cm³/mol. The largest absolute Gasteiger partial charge is 0.490 e. The predicted octanol–water partition coefficient (Wildman–Crippen LogP) is 5.67. The summed E-state index contributed by atoms with van der Waals surface area (Å²) < 4.78 is 47.8. The summed E-state index contributed by atoms with van der Waals surface area (Å²) >= 11 is 0. The minimum atomic E-state index is -3.94. The van der Waals surface area contributed by atoms with Gasteiger partial charge in [-0.15, -0.1) is 0 Å². The van der Waals surface area contributed by atoms with Gasteiger partial charge in [-0.25, -0.2) is 17.5 Å². The van der Waals surface area contributed by atoms with Gasteiger partial charge in [0.1, 0.15) is 11.6 Å². The van der Waals surface area contributed by atoms with Crippen molar-refractivity contribution in [3.05, 3.63) is 64.8 Å². The number of nitrogens with one attached hydrogen (secondary N) is 1. The molecule has 32 heavy (non-hydrogen) atoms. The van der Waals surface area contributed by atoms with Crippen molar-refractivity contribution in [2.45, 2.75) is 63.9 Å². The second-order valence-electron chi connectivity index (χ2n) is 8.48. The lowest BCUT2D eigenvalue weighted by molar-refractivity contribution is 0.0981. The second kappa shape index (κ2) is 9.45. The van der Waals surface area contributed by atoms with E-state index in [9.17, 15) is 13.2 Å². The van der Waals surface area contributed by atoms with Gasteiger partial charge in [-0.3, -0.25) is 4.79 Å². The Kier molecular flexibility index (Phi) is 6.65. The fourth-order valence-electron chi connectivity index (χ4n) is 4.55. The molecular formula is C25H28FNO4S. The number of ether oxygens (including phenoxy) is 1. The van der Waals surface area contributed by atoms with Crippen LogP contribution in [0.5, 0.6) is 5.75 Å². The van der Waals surface area contributed by atoms with Crippen LogP contribution in [0.4, 0.5) is 4.39 Å². The van der Waals surface area contributed by atoms with Crippen molar-refractivity contribution < 1.29 is 22.3 Å². The third kappa shape index (κ3) is 4.72. The number of carbonyl (C=O) groups is 1. The maximum Gasteiger partial charge on any atom is 0.265 e. The molecule has 0 saturated heterocycles. The summed E-state index contributed by atoms with van der Waals surface area (Å²) in [5.41, 5.74) is 1.78. The van der Waals surface area contributed by atoms with Crippen molar-refractivity contribution in [1.82, 2.24) is 4.72 Å². The van der Waals surface area contributed by atoms with Gasteiger partial charge in [-0.1, -0.05) is 30.7 Å². The van der Waals surface area contributed by atoms with Crippen LogP contribution < -0.4 is 9.46 Å². The molecule has 2 aromatic carbocycles. The van der Waals surface area contributed by atoms with E-state index in [0.29, 0.717) is 22.4 Å². The summed E-state index contributed by atoms with van der Waals surface area (Å²) in [6, 6.07) is 9.87. The summed E-state index contributed by atoms with van der Waals surface area (Å²) in [5, 5.41) is 0.936. The van der Waals surface area contributed by atoms with Crippen molar-refractivity contribution in [1.29, 1.82) is 0 Å². The minimum absolute atomic E-state index is 0.0273. The Morgan fingerprint density at radius 3 is 2.44 bits per heavy atom. The number of carbonyl (C=O) groups excluding carboxylic acids is 1. The van der Waals surface area contributed by atoms with Gasteiger partial charge in [0.25, 0.3) is 15.9 Å². The maximum absolute atomic E-state index is 15.0. The molecule has 1 amide bonds. The van der Waals surface area contributed by atoms with Gasteiger partial charge >= 0.3 is 0 Å². The second-order valence-corrected chi connectivity index (χ2v) is 10.0. The molecule has 2 aliphatic rings. The van der Waals surface area contributed by atoms with Gasteiger partial charge in [0.15, 0.2) is 0 Å². The first-order chi connectivity index (χ1) is 15.4. The smallest absolute Gasteiger partial charge is 0.265 e. The van der Waals surface area contributed by atoms with Crippen LogP contribution in [0.3, 0.4) is 0 Å². The monoisotopic (exact) mass is 457 g/mol. The first kappa shape index (κ1) is 22.5. The Labute approximate surface area is 188 Å². The van der Waals surface area contributed by atoms with Crippen LogP contribution in [-0.4, -0.2) is 20.4 Å². The molecule has 5 nitrogen and oxygen atoms in total. The average molecular weight is 458 g/mol. The molecule has 0 atom stereocenters. The molecule has 2 aliphatic carbocycles. The summed E-state index contributed by atoms with van der Waals surface area (Å²) in [6.07, 6.45) is 8.18. The Hall–Kier alpha value is -2.67. The van der Waals surface area contributed by atoms with E-state index in [1.165, 1.54) is 12.1 Å². The standard InChI is InChI=1S/C25H28FNO4S/c1-2-16-32(29,30)27-25(28)20-13-7-15-22(31-18-10-3-4-11-18)24(20)19-12-6-14-21(26)23(19)17-8-5-9-17/h2,6-7,12-18H,3-5,8-11H2,1H3,(H,27,28)/b16-2-. The van der Waals surface area contributed by atoms with Gasteiger partial charge in [-0.05, 0) is 80.7 Å². The zero-order chi connectivity index (χ0) is 22.7. The van der Waals surface area contributed by atoms with Crippen LogP contribution in [0.2, 0.25) is 0 Å². The summed E-state index contributed by atoms with van der Waals surface area (Å²) in [6.45, 7) is 1.56. The molecule has 7 heteroatoms. The zero-order valence-electron chi connectivity index (χ0n) is 18.1.